The van der Waals surface area contributed by atoms with Gasteiger partial charge < -0.3 is 9.84 Å². The number of aromatic nitrogens is 1. The molecule has 1 heterocycles. The Hall–Kier alpha value is -1.10. The van der Waals surface area contributed by atoms with Crippen molar-refractivity contribution < 1.29 is 9.84 Å². The number of benzene rings is 1. The van der Waals surface area contributed by atoms with Crippen LogP contribution < -0.4 is 4.74 Å². The second kappa shape index (κ2) is 6.37. The molecule has 3 nitrogen and oxygen atoms in total. The van der Waals surface area contributed by atoms with Crippen LogP contribution >= 0.6 is 27.5 Å². The number of pyridine rings is 1. The molecule has 1 N–H and O–H groups in total. The first-order chi connectivity index (χ1) is 9.10. The maximum Gasteiger partial charge on any atom is 0.129 e. The van der Waals surface area contributed by atoms with Crippen LogP contribution in [0, 0.1) is 0 Å². The number of ether oxygens (including phenoxy) is 1. The van der Waals surface area contributed by atoms with E-state index in [1.807, 2.05) is 18.2 Å². The highest BCUT2D eigenvalue weighted by molar-refractivity contribution is 9.10. The zero-order valence-electron chi connectivity index (χ0n) is 10.3. The van der Waals surface area contributed by atoms with E-state index in [1.54, 1.807) is 25.4 Å². The number of hydrogen-bond acceptors (Lipinski definition) is 3. The van der Waals surface area contributed by atoms with Gasteiger partial charge in [-0.3, -0.25) is 0 Å². The molecule has 1 atom stereocenters. The molecule has 2 aromatic rings. The molecule has 0 saturated heterocycles. The molecule has 1 aromatic heterocycles. The lowest BCUT2D eigenvalue weighted by Gasteiger charge is -2.14. The van der Waals surface area contributed by atoms with Crippen molar-refractivity contribution in [3.8, 4) is 5.75 Å². The third-order valence-electron chi connectivity index (χ3n) is 2.79. The van der Waals surface area contributed by atoms with Crippen molar-refractivity contribution in [1.82, 2.24) is 4.98 Å². The summed E-state index contributed by atoms with van der Waals surface area (Å²) in [5.74, 6) is 0.752. The van der Waals surface area contributed by atoms with E-state index in [0.717, 1.165) is 21.3 Å². The topological polar surface area (TPSA) is 42.4 Å². The van der Waals surface area contributed by atoms with Gasteiger partial charge in [0.1, 0.15) is 10.9 Å². The molecule has 0 saturated carbocycles. The van der Waals surface area contributed by atoms with Gasteiger partial charge in [-0.05, 0) is 41.5 Å². The molecule has 0 radical (unpaired) electrons. The number of rotatable bonds is 4. The van der Waals surface area contributed by atoms with Crippen LogP contribution in [0.25, 0.3) is 0 Å². The number of methoxy groups -OCH3 is 1. The van der Waals surface area contributed by atoms with Crippen LogP contribution in [0.1, 0.15) is 17.2 Å². The summed E-state index contributed by atoms with van der Waals surface area (Å²) < 4.78 is 6.24. The van der Waals surface area contributed by atoms with Crippen molar-refractivity contribution in [2.75, 3.05) is 7.11 Å². The molecule has 2 rings (SSSR count). The summed E-state index contributed by atoms with van der Waals surface area (Å²) >= 11 is 9.24. The minimum atomic E-state index is -0.649. The van der Waals surface area contributed by atoms with Gasteiger partial charge in [-0.2, -0.15) is 0 Å². The lowest BCUT2D eigenvalue weighted by atomic mass is 10.0. The Morgan fingerprint density at radius 1 is 1.37 bits per heavy atom. The van der Waals surface area contributed by atoms with Crippen LogP contribution in [0.15, 0.2) is 41.0 Å². The average Bonchev–Trinajstić information content (AvgIpc) is 2.39. The minimum Gasteiger partial charge on any atom is -0.496 e. The predicted molar refractivity (Wildman–Crippen MR) is 78.6 cm³/mol. The van der Waals surface area contributed by atoms with E-state index >= 15 is 0 Å². The molecule has 0 aliphatic carbocycles. The van der Waals surface area contributed by atoms with Crippen molar-refractivity contribution in [3.05, 3.63) is 57.3 Å². The van der Waals surface area contributed by atoms with Gasteiger partial charge in [0.2, 0.25) is 0 Å². The molecule has 0 fully saturated rings. The Kier molecular flexibility index (Phi) is 4.80. The number of hydrogen-bond donors (Lipinski definition) is 1. The Morgan fingerprint density at radius 2 is 2.16 bits per heavy atom. The highest BCUT2D eigenvalue weighted by Crippen LogP contribution is 2.28. The normalized spacial score (nSPS) is 12.2. The maximum absolute atomic E-state index is 10.3. The maximum atomic E-state index is 10.3. The van der Waals surface area contributed by atoms with Gasteiger partial charge in [-0.1, -0.05) is 27.5 Å². The number of aliphatic hydroxyl groups excluding tert-OH is 1. The van der Waals surface area contributed by atoms with Gasteiger partial charge >= 0.3 is 0 Å². The largest absolute Gasteiger partial charge is 0.496 e. The quantitative estimate of drug-likeness (QED) is 0.860. The highest BCUT2D eigenvalue weighted by Gasteiger charge is 2.13. The summed E-state index contributed by atoms with van der Waals surface area (Å²) in [5, 5.41) is 10.6. The van der Waals surface area contributed by atoms with E-state index in [9.17, 15) is 5.11 Å². The number of nitrogens with zero attached hydrogens (tertiary/aromatic N) is 1. The molecule has 5 heteroatoms. The number of aliphatic hydroxyl groups is 1. The summed E-state index contributed by atoms with van der Waals surface area (Å²) in [6.45, 7) is 0. The molecule has 0 aliphatic heterocycles. The standard InChI is InChI=1S/C14H13BrClNO2/c1-19-13-3-2-11(15)6-10(13)7-12(18)9-4-5-17-14(16)8-9/h2-6,8,12,18H,7H2,1H3. The molecule has 0 aliphatic rings. The summed E-state index contributed by atoms with van der Waals surface area (Å²) in [4.78, 5) is 3.90. The van der Waals surface area contributed by atoms with Crippen molar-refractivity contribution in [2.45, 2.75) is 12.5 Å². The van der Waals surface area contributed by atoms with Crippen LogP contribution in [0.2, 0.25) is 5.15 Å². The predicted octanol–water partition coefficient (Wildman–Crippen LogP) is 3.78. The fourth-order valence-corrected chi connectivity index (χ4v) is 2.45. The lowest BCUT2D eigenvalue weighted by Crippen LogP contribution is -2.03. The van der Waals surface area contributed by atoms with Crippen molar-refractivity contribution in [3.63, 3.8) is 0 Å². The first-order valence-corrected chi connectivity index (χ1v) is 6.89. The summed E-state index contributed by atoms with van der Waals surface area (Å²) in [6.07, 6.45) is 1.38. The summed E-state index contributed by atoms with van der Waals surface area (Å²) in [7, 11) is 1.61. The highest BCUT2D eigenvalue weighted by atomic mass is 79.9. The van der Waals surface area contributed by atoms with Gasteiger partial charge in [-0.25, -0.2) is 4.98 Å². The fraction of sp³-hybridized carbons (Fsp3) is 0.214. The van der Waals surface area contributed by atoms with E-state index in [4.69, 9.17) is 16.3 Å². The molecule has 100 valence electrons. The van der Waals surface area contributed by atoms with Gasteiger partial charge in [0.25, 0.3) is 0 Å². The molecule has 0 bridgehead atoms. The molecule has 0 amide bonds. The molecule has 0 spiro atoms. The van der Waals surface area contributed by atoms with E-state index in [2.05, 4.69) is 20.9 Å². The van der Waals surface area contributed by atoms with E-state index < -0.39 is 6.10 Å². The van der Waals surface area contributed by atoms with Crippen LogP contribution in [-0.2, 0) is 6.42 Å². The smallest absolute Gasteiger partial charge is 0.129 e. The van der Waals surface area contributed by atoms with Crippen molar-refractivity contribution in [1.29, 1.82) is 0 Å². The average molecular weight is 343 g/mol. The second-order valence-corrected chi connectivity index (χ2v) is 5.39. The Labute approximate surface area is 125 Å². The zero-order valence-corrected chi connectivity index (χ0v) is 12.6. The molecular weight excluding hydrogens is 330 g/mol. The Morgan fingerprint density at radius 3 is 2.84 bits per heavy atom. The first kappa shape index (κ1) is 14.3. The molecule has 19 heavy (non-hydrogen) atoms. The van der Waals surface area contributed by atoms with Gasteiger partial charge in [0, 0.05) is 17.1 Å². The SMILES string of the molecule is COc1ccc(Br)cc1CC(O)c1ccnc(Cl)c1. The fourth-order valence-electron chi connectivity index (χ4n) is 1.86. The molecule has 1 aromatic carbocycles. The summed E-state index contributed by atoms with van der Waals surface area (Å²) in [6, 6.07) is 9.12. The van der Waals surface area contributed by atoms with Crippen LogP contribution in [0.5, 0.6) is 5.75 Å². The second-order valence-electron chi connectivity index (χ2n) is 4.09. The monoisotopic (exact) mass is 341 g/mol. The number of halogens is 2. The third kappa shape index (κ3) is 3.69. The van der Waals surface area contributed by atoms with E-state index in [1.165, 1.54) is 0 Å². The zero-order chi connectivity index (χ0) is 13.8. The van der Waals surface area contributed by atoms with Gasteiger partial charge in [0.15, 0.2) is 0 Å². The van der Waals surface area contributed by atoms with E-state index in [-0.39, 0.29) is 0 Å². The van der Waals surface area contributed by atoms with Crippen LogP contribution in [0.4, 0.5) is 0 Å². The third-order valence-corrected chi connectivity index (χ3v) is 3.49. The van der Waals surface area contributed by atoms with E-state index in [0.29, 0.717) is 11.6 Å². The first-order valence-electron chi connectivity index (χ1n) is 5.72. The molecular formula is C14H13BrClNO2. The Bertz CT molecular complexity index is 577. The van der Waals surface area contributed by atoms with Crippen molar-refractivity contribution >= 4 is 27.5 Å². The Balaban J connectivity index is 2.23. The van der Waals surface area contributed by atoms with Crippen molar-refractivity contribution in [2.24, 2.45) is 0 Å². The van der Waals surface area contributed by atoms with Gasteiger partial charge in [0.05, 0.1) is 13.2 Å². The molecule has 1 unspecified atom stereocenters. The lowest BCUT2D eigenvalue weighted by molar-refractivity contribution is 0.177. The van der Waals surface area contributed by atoms with Crippen LogP contribution in [-0.4, -0.2) is 17.2 Å². The van der Waals surface area contributed by atoms with Crippen LogP contribution in [0.3, 0.4) is 0 Å². The minimum absolute atomic E-state index is 0.373. The summed E-state index contributed by atoms with van der Waals surface area (Å²) in [5.41, 5.74) is 1.67. The van der Waals surface area contributed by atoms with Gasteiger partial charge in [-0.15, -0.1) is 0 Å².